The third-order valence-corrected chi connectivity index (χ3v) is 4.60. The van der Waals surface area contributed by atoms with Crippen LogP contribution < -0.4 is 0 Å². The molecule has 102 valence electrons. The zero-order valence-corrected chi connectivity index (χ0v) is 11.6. The summed E-state index contributed by atoms with van der Waals surface area (Å²) in [6.45, 7) is 6.12. The molecular weight excluding hydrogens is 228 g/mol. The number of hydrogen-bond acceptors (Lipinski definition) is 3. The van der Waals surface area contributed by atoms with Crippen molar-refractivity contribution >= 4 is 5.97 Å². The molecule has 1 heterocycles. The Morgan fingerprint density at radius 1 is 1.39 bits per heavy atom. The molecule has 0 saturated carbocycles. The summed E-state index contributed by atoms with van der Waals surface area (Å²) in [7, 11) is 0. The van der Waals surface area contributed by atoms with Crippen molar-refractivity contribution in [1.82, 2.24) is 0 Å². The van der Waals surface area contributed by atoms with E-state index in [2.05, 4.69) is 13.0 Å². The molecule has 0 spiro atoms. The largest absolute Gasteiger partial charge is 0.462 e. The van der Waals surface area contributed by atoms with Gasteiger partial charge in [-0.2, -0.15) is 0 Å². The second-order valence-corrected chi connectivity index (χ2v) is 6.03. The zero-order valence-electron chi connectivity index (χ0n) is 11.6. The molecule has 0 aromatic carbocycles. The van der Waals surface area contributed by atoms with Gasteiger partial charge in [0.15, 0.2) is 0 Å². The predicted molar refractivity (Wildman–Crippen MR) is 69.9 cm³/mol. The Balaban J connectivity index is 2.17. The van der Waals surface area contributed by atoms with Crippen molar-refractivity contribution in [2.45, 2.75) is 58.7 Å². The monoisotopic (exact) mass is 252 g/mol. The Morgan fingerprint density at radius 2 is 2.11 bits per heavy atom. The molecule has 2 aliphatic rings. The molecule has 5 atom stereocenters. The molecule has 0 unspecified atom stereocenters. The zero-order chi connectivity index (χ0) is 13.3. The summed E-state index contributed by atoms with van der Waals surface area (Å²) >= 11 is 0. The van der Waals surface area contributed by atoms with Crippen LogP contribution in [0.25, 0.3) is 0 Å². The number of fused-ring (bicyclic) bond motifs is 1. The highest BCUT2D eigenvalue weighted by Crippen LogP contribution is 2.37. The van der Waals surface area contributed by atoms with E-state index in [0.29, 0.717) is 12.3 Å². The maximum atomic E-state index is 11.7. The summed E-state index contributed by atoms with van der Waals surface area (Å²) in [6.07, 6.45) is 5.34. The number of aliphatic hydroxyl groups excluding tert-OH is 1. The van der Waals surface area contributed by atoms with Crippen LogP contribution in [0.3, 0.4) is 0 Å². The van der Waals surface area contributed by atoms with Gasteiger partial charge in [-0.3, -0.25) is 4.79 Å². The van der Waals surface area contributed by atoms with Gasteiger partial charge >= 0.3 is 5.97 Å². The number of ether oxygens (including phenoxy) is 1. The van der Waals surface area contributed by atoms with Gasteiger partial charge in [0.2, 0.25) is 0 Å². The van der Waals surface area contributed by atoms with Crippen molar-refractivity contribution < 1.29 is 14.6 Å². The minimum Gasteiger partial charge on any atom is -0.462 e. The van der Waals surface area contributed by atoms with E-state index >= 15 is 0 Å². The van der Waals surface area contributed by atoms with Crippen LogP contribution in [0.4, 0.5) is 0 Å². The molecular formula is C15H24O3. The van der Waals surface area contributed by atoms with Crippen LogP contribution in [0, 0.1) is 17.8 Å². The Morgan fingerprint density at radius 3 is 2.83 bits per heavy atom. The van der Waals surface area contributed by atoms with E-state index in [1.807, 2.05) is 13.8 Å². The average Bonchev–Trinajstić information content (AvgIpc) is 2.59. The first-order chi connectivity index (χ1) is 8.49. The van der Waals surface area contributed by atoms with Gasteiger partial charge in [-0.05, 0) is 38.5 Å². The smallest absolute Gasteiger partial charge is 0.309 e. The molecule has 1 fully saturated rings. The van der Waals surface area contributed by atoms with Crippen LogP contribution in [0.15, 0.2) is 11.6 Å². The van der Waals surface area contributed by atoms with Crippen LogP contribution in [-0.2, 0) is 9.53 Å². The fourth-order valence-corrected chi connectivity index (χ4v) is 3.07. The second-order valence-electron chi connectivity index (χ2n) is 6.03. The van der Waals surface area contributed by atoms with Gasteiger partial charge in [-0.15, -0.1) is 0 Å². The quantitative estimate of drug-likeness (QED) is 0.532. The molecule has 3 heteroatoms. The van der Waals surface area contributed by atoms with Crippen molar-refractivity contribution in [3.8, 4) is 0 Å². The lowest BCUT2D eigenvalue weighted by atomic mass is 9.81. The highest BCUT2D eigenvalue weighted by atomic mass is 16.6. The maximum absolute atomic E-state index is 11.7. The van der Waals surface area contributed by atoms with Gasteiger partial charge < -0.3 is 9.84 Å². The fourth-order valence-electron chi connectivity index (χ4n) is 3.07. The topological polar surface area (TPSA) is 46.5 Å². The minimum atomic E-state index is -0.326. The standard InChI is InChI=1S/C15H24O3/c1-9-4-6-12-11(3)15(17)18-14(12)8-10(2)13(16)7-5-9/h5,10-14,16H,4,6-8H2,1-3H3/t10-,11-,12-,13-,14+/m0/s1. The van der Waals surface area contributed by atoms with E-state index in [9.17, 15) is 9.90 Å². The predicted octanol–water partition coefficient (Wildman–Crippen LogP) is 2.68. The van der Waals surface area contributed by atoms with Crippen molar-refractivity contribution in [2.24, 2.45) is 17.8 Å². The van der Waals surface area contributed by atoms with E-state index < -0.39 is 0 Å². The van der Waals surface area contributed by atoms with Gasteiger partial charge in [0, 0.05) is 5.92 Å². The van der Waals surface area contributed by atoms with E-state index in [4.69, 9.17) is 4.74 Å². The van der Waals surface area contributed by atoms with E-state index in [1.165, 1.54) is 5.57 Å². The number of esters is 1. The minimum absolute atomic E-state index is 0.00282. The van der Waals surface area contributed by atoms with Crippen molar-refractivity contribution in [2.75, 3.05) is 0 Å². The van der Waals surface area contributed by atoms with Crippen LogP contribution >= 0.6 is 0 Å². The Bertz CT molecular complexity index is 348. The summed E-state index contributed by atoms with van der Waals surface area (Å²) in [5.41, 5.74) is 1.31. The molecule has 2 rings (SSSR count). The lowest BCUT2D eigenvalue weighted by Crippen LogP contribution is -2.27. The Kier molecular flexibility index (Phi) is 4.10. The van der Waals surface area contributed by atoms with Crippen LogP contribution in [0.2, 0.25) is 0 Å². The van der Waals surface area contributed by atoms with Gasteiger partial charge in [-0.25, -0.2) is 0 Å². The Hall–Kier alpha value is -0.830. The van der Waals surface area contributed by atoms with Gasteiger partial charge in [0.05, 0.1) is 12.0 Å². The van der Waals surface area contributed by atoms with Crippen LogP contribution in [0.5, 0.6) is 0 Å². The van der Waals surface area contributed by atoms with E-state index in [0.717, 1.165) is 19.3 Å². The summed E-state index contributed by atoms with van der Waals surface area (Å²) in [6, 6.07) is 0. The first-order valence-electron chi connectivity index (χ1n) is 7.03. The molecule has 0 bridgehead atoms. The van der Waals surface area contributed by atoms with Crippen molar-refractivity contribution in [3.05, 3.63) is 11.6 Å². The normalized spacial score (nSPS) is 41.9. The van der Waals surface area contributed by atoms with Gasteiger partial charge in [0.1, 0.15) is 6.10 Å². The van der Waals surface area contributed by atoms with Gasteiger partial charge in [0.25, 0.3) is 0 Å². The molecule has 3 nitrogen and oxygen atoms in total. The highest BCUT2D eigenvalue weighted by Gasteiger charge is 2.42. The highest BCUT2D eigenvalue weighted by molar-refractivity contribution is 5.74. The number of hydrogen-bond donors (Lipinski definition) is 1. The first-order valence-corrected chi connectivity index (χ1v) is 7.03. The molecule has 0 amide bonds. The molecule has 1 aliphatic heterocycles. The third kappa shape index (κ3) is 2.77. The van der Waals surface area contributed by atoms with E-state index in [1.54, 1.807) is 0 Å². The van der Waals surface area contributed by atoms with Crippen LogP contribution in [0.1, 0.15) is 46.5 Å². The lowest BCUT2D eigenvalue weighted by molar-refractivity contribution is -0.144. The SMILES string of the molecule is CC1=CC[C@H](O)[C@@H](C)C[C@H]2OC(=O)[C@@H](C)[C@@H]2CC1. The van der Waals surface area contributed by atoms with Crippen molar-refractivity contribution in [3.63, 3.8) is 0 Å². The lowest BCUT2D eigenvalue weighted by Gasteiger charge is -2.26. The maximum Gasteiger partial charge on any atom is 0.309 e. The summed E-state index contributed by atoms with van der Waals surface area (Å²) in [5, 5.41) is 10.1. The third-order valence-electron chi connectivity index (χ3n) is 4.60. The fraction of sp³-hybridized carbons (Fsp3) is 0.800. The Labute approximate surface area is 109 Å². The second kappa shape index (κ2) is 5.43. The molecule has 1 N–H and O–H groups in total. The van der Waals surface area contributed by atoms with Crippen molar-refractivity contribution in [1.29, 1.82) is 0 Å². The number of aliphatic hydroxyl groups is 1. The number of carbonyl (C=O) groups is 1. The molecule has 18 heavy (non-hydrogen) atoms. The average molecular weight is 252 g/mol. The van der Waals surface area contributed by atoms with E-state index in [-0.39, 0.29) is 30.0 Å². The first kappa shape index (κ1) is 13.6. The molecule has 1 saturated heterocycles. The molecule has 0 aromatic heterocycles. The van der Waals surface area contributed by atoms with Crippen LogP contribution in [-0.4, -0.2) is 23.3 Å². The molecule has 0 aromatic rings. The molecule has 0 radical (unpaired) electrons. The summed E-state index contributed by atoms with van der Waals surface area (Å²) < 4.78 is 5.49. The number of allylic oxidation sites excluding steroid dienone is 1. The number of rotatable bonds is 0. The van der Waals surface area contributed by atoms with Gasteiger partial charge in [-0.1, -0.05) is 25.5 Å². The number of carbonyl (C=O) groups excluding carboxylic acids is 1. The molecule has 1 aliphatic carbocycles. The summed E-state index contributed by atoms with van der Waals surface area (Å²) in [4.78, 5) is 11.7. The summed E-state index contributed by atoms with van der Waals surface area (Å²) in [5.74, 6) is 0.436.